The number of carbonyl (C=O) groups is 2. The van der Waals surface area contributed by atoms with Crippen molar-refractivity contribution in [1.29, 1.82) is 0 Å². The zero-order valence-corrected chi connectivity index (χ0v) is 9.80. The van der Waals surface area contributed by atoms with Gasteiger partial charge in [-0.3, -0.25) is 9.59 Å². The summed E-state index contributed by atoms with van der Waals surface area (Å²) in [5.41, 5.74) is 0.437. The molecule has 1 aliphatic heterocycles. The topological polar surface area (TPSA) is 57.6 Å². The van der Waals surface area contributed by atoms with Crippen LogP contribution in [-0.2, 0) is 4.79 Å². The maximum absolute atomic E-state index is 12.7. The molecular formula is C13H14FNO3. The van der Waals surface area contributed by atoms with E-state index in [4.69, 9.17) is 5.11 Å². The third-order valence-electron chi connectivity index (χ3n) is 3.13. The van der Waals surface area contributed by atoms with Crippen LogP contribution in [0.1, 0.15) is 23.2 Å². The SMILES string of the molecule is O=C(O)CC1CCN(C(=O)c2ccc(F)cc2)C1. The van der Waals surface area contributed by atoms with Crippen LogP contribution in [0.25, 0.3) is 0 Å². The highest BCUT2D eigenvalue weighted by atomic mass is 19.1. The number of carbonyl (C=O) groups excluding carboxylic acids is 1. The number of likely N-dealkylation sites (tertiary alicyclic amines) is 1. The minimum Gasteiger partial charge on any atom is -0.481 e. The molecule has 1 N–H and O–H groups in total. The lowest BCUT2D eigenvalue weighted by molar-refractivity contribution is -0.138. The summed E-state index contributed by atoms with van der Waals surface area (Å²) < 4.78 is 12.7. The number of hydrogen-bond acceptors (Lipinski definition) is 2. The van der Waals surface area contributed by atoms with Crippen LogP contribution in [0.3, 0.4) is 0 Å². The molecule has 1 aliphatic rings. The quantitative estimate of drug-likeness (QED) is 0.890. The molecule has 1 amide bonds. The van der Waals surface area contributed by atoms with Crippen molar-refractivity contribution in [2.75, 3.05) is 13.1 Å². The van der Waals surface area contributed by atoms with Gasteiger partial charge in [0.15, 0.2) is 0 Å². The molecule has 0 aliphatic carbocycles. The highest BCUT2D eigenvalue weighted by Crippen LogP contribution is 2.21. The molecule has 1 aromatic rings. The molecule has 1 atom stereocenters. The van der Waals surface area contributed by atoms with Gasteiger partial charge in [-0.1, -0.05) is 0 Å². The maximum Gasteiger partial charge on any atom is 0.303 e. The zero-order chi connectivity index (χ0) is 13.1. The molecule has 0 saturated carbocycles. The van der Waals surface area contributed by atoms with E-state index in [2.05, 4.69) is 0 Å². The Morgan fingerprint density at radius 1 is 1.33 bits per heavy atom. The third-order valence-corrected chi connectivity index (χ3v) is 3.13. The molecule has 1 unspecified atom stereocenters. The second kappa shape index (κ2) is 5.16. The lowest BCUT2D eigenvalue weighted by Gasteiger charge is -2.16. The molecule has 0 spiro atoms. The average molecular weight is 251 g/mol. The minimum atomic E-state index is -0.837. The van der Waals surface area contributed by atoms with Gasteiger partial charge in [0.1, 0.15) is 5.82 Å². The van der Waals surface area contributed by atoms with Gasteiger partial charge in [-0.2, -0.15) is 0 Å². The van der Waals surface area contributed by atoms with E-state index < -0.39 is 5.97 Å². The second-order valence-corrected chi connectivity index (χ2v) is 4.51. The van der Waals surface area contributed by atoms with Crippen molar-refractivity contribution in [3.8, 4) is 0 Å². The van der Waals surface area contributed by atoms with Crippen LogP contribution in [0, 0.1) is 11.7 Å². The maximum atomic E-state index is 12.7. The van der Waals surface area contributed by atoms with E-state index in [0.29, 0.717) is 25.1 Å². The molecular weight excluding hydrogens is 237 g/mol. The first-order valence-corrected chi connectivity index (χ1v) is 5.83. The summed E-state index contributed by atoms with van der Waals surface area (Å²) in [5.74, 6) is -1.36. The van der Waals surface area contributed by atoms with E-state index in [-0.39, 0.29) is 24.1 Å². The summed E-state index contributed by atoms with van der Waals surface area (Å²) >= 11 is 0. The second-order valence-electron chi connectivity index (χ2n) is 4.51. The first-order valence-electron chi connectivity index (χ1n) is 5.83. The van der Waals surface area contributed by atoms with Gasteiger partial charge in [0, 0.05) is 25.1 Å². The van der Waals surface area contributed by atoms with Gasteiger partial charge in [0.25, 0.3) is 5.91 Å². The standard InChI is InChI=1S/C13H14FNO3/c14-11-3-1-10(2-4-11)13(18)15-6-5-9(8-15)7-12(16)17/h1-4,9H,5-8H2,(H,16,17). The molecule has 0 bridgehead atoms. The summed E-state index contributed by atoms with van der Waals surface area (Å²) in [6.45, 7) is 1.02. The minimum absolute atomic E-state index is 0.0203. The number of nitrogens with zero attached hydrogens (tertiary/aromatic N) is 1. The fourth-order valence-electron chi connectivity index (χ4n) is 2.21. The Kier molecular flexibility index (Phi) is 3.60. The molecule has 2 rings (SSSR count). The molecule has 18 heavy (non-hydrogen) atoms. The number of amides is 1. The van der Waals surface area contributed by atoms with Crippen molar-refractivity contribution >= 4 is 11.9 Å². The Labute approximate surface area is 104 Å². The van der Waals surface area contributed by atoms with E-state index in [1.54, 1.807) is 4.90 Å². The Bertz CT molecular complexity index is 458. The molecule has 96 valence electrons. The van der Waals surface area contributed by atoms with E-state index in [1.807, 2.05) is 0 Å². The summed E-state index contributed by atoms with van der Waals surface area (Å²) in [6.07, 6.45) is 0.798. The molecule has 1 heterocycles. The van der Waals surface area contributed by atoms with Crippen molar-refractivity contribution in [3.63, 3.8) is 0 Å². The molecule has 1 aromatic carbocycles. The van der Waals surface area contributed by atoms with Crippen molar-refractivity contribution in [2.45, 2.75) is 12.8 Å². The smallest absolute Gasteiger partial charge is 0.303 e. The first-order chi connectivity index (χ1) is 8.56. The summed E-state index contributed by atoms with van der Waals surface area (Å²) in [6, 6.07) is 5.39. The number of carboxylic acid groups (broad SMARTS) is 1. The highest BCUT2D eigenvalue weighted by Gasteiger charge is 2.28. The summed E-state index contributed by atoms with van der Waals surface area (Å²) in [4.78, 5) is 24.3. The van der Waals surface area contributed by atoms with Crippen LogP contribution >= 0.6 is 0 Å². The molecule has 1 fully saturated rings. The first kappa shape index (κ1) is 12.5. The number of hydrogen-bond donors (Lipinski definition) is 1. The summed E-state index contributed by atoms with van der Waals surface area (Å²) in [7, 11) is 0. The van der Waals surface area contributed by atoms with Crippen LogP contribution in [-0.4, -0.2) is 35.0 Å². The number of rotatable bonds is 3. The predicted molar refractivity (Wildman–Crippen MR) is 62.7 cm³/mol. The number of halogens is 1. The Balaban J connectivity index is 1.99. The Morgan fingerprint density at radius 3 is 2.61 bits per heavy atom. The molecule has 5 heteroatoms. The Morgan fingerprint density at radius 2 is 2.00 bits per heavy atom. The largest absolute Gasteiger partial charge is 0.481 e. The van der Waals surface area contributed by atoms with Gasteiger partial charge in [-0.25, -0.2) is 4.39 Å². The summed E-state index contributed by atoms with van der Waals surface area (Å²) in [5, 5.41) is 8.70. The van der Waals surface area contributed by atoms with E-state index in [1.165, 1.54) is 24.3 Å². The lowest BCUT2D eigenvalue weighted by atomic mass is 10.1. The molecule has 1 saturated heterocycles. The highest BCUT2D eigenvalue weighted by molar-refractivity contribution is 5.94. The van der Waals surface area contributed by atoms with Crippen LogP contribution < -0.4 is 0 Å². The van der Waals surface area contributed by atoms with Crippen molar-refractivity contribution in [2.24, 2.45) is 5.92 Å². The Hall–Kier alpha value is -1.91. The monoisotopic (exact) mass is 251 g/mol. The zero-order valence-electron chi connectivity index (χ0n) is 9.80. The van der Waals surface area contributed by atoms with Crippen molar-refractivity contribution in [3.05, 3.63) is 35.6 Å². The van der Waals surface area contributed by atoms with Crippen LogP contribution in [0.5, 0.6) is 0 Å². The van der Waals surface area contributed by atoms with Crippen LogP contribution in [0.4, 0.5) is 4.39 Å². The van der Waals surface area contributed by atoms with E-state index >= 15 is 0 Å². The number of aliphatic carboxylic acids is 1. The van der Waals surface area contributed by atoms with Gasteiger partial charge in [-0.05, 0) is 36.6 Å². The van der Waals surface area contributed by atoms with Gasteiger partial charge >= 0.3 is 5.97 Å². The molecule has 0 radical (unpaired) electrons. The molecule has 4 nitrogen and oxygen atoms in total. The lowest BCUT2D eigenvalue weighted by Crippen LogP contribution is -2.28. The van der Waals surface area contributed by atoms with Gasteiger partial charge in [0.05, 0.1) is 0 Å². The third kappa shape index (κ3) is 2.85. The normalized spacial score (nSPS) is 18.9. The van der Waals surface area contributed by atoms with E-state index in [9.17, 15) is 14.0 Å². The van der Waals surface area contributed by atoms with Gasteiger partial charge in [0.2, 0.25) is 0 Å². The van der Waals surface area contributed by atoms with Gasteiger partial charge < -0.3 is 10.0 Å². The average Bonchev–Trinajstić information content (AvgIpc) is 2.76. The number of benzene rings is 1. The number of carboxylic acids is 1. The fraction of sp³-hybridized carbons (Fsp3) is 0.385. The van der Waals surface area contributed by atoms with Crippen LogP contribution in [0.15, 0.2) is 24.3 Å². The van der Waals surface area contributed by atoms with Crippen molar-refractivity contribution < 1.29 is 19.1 Å². The van der Waals surface area contributed by atoms with Gasteiger partial charge in [-0.15, -0.1) is 0 Å². The van der Waals surface area contributed by atoms with Crippen molar-refractivity contribution in [1.82, 2.24) is 4.90 Å². The molecule has 0 aromatic heterocycles. The fourth-order valence-corrected chi connectivity index (χ4v) is 2.21. The predicted octanol–water partition coefficient (Wildman–Crippen LogP) is 1.76. The van der Waals surface area contributed by atoms with E-state index in [0.717, 1.165) is 0 Å². The van der Waals surface area contributed by atoms with Crippen LogP contribution in [0.2, 0.25) is 0 Å².